The predicted molar refractivity (Wildman–Crippen MR) is 162 cm³/mol. The Balaban J connectivity index is 1.63. The van der Waals surface area contributed by atoms with Gasteiger partial charge in [0.25, 0.3) is 0 Å². The van der Waals surface area contributed by atoms with E-state index in [0.29, 0.717) is 74.5 Å². The highest BCUT2D eigenvalue weighted by Gasteiger charge is 2.43. The van der Waals surface area contributed by atoms with Crippen LogP contribution in [0.3, 0.4) is 0 Å². The van der Waals surface area contributed by atoms with E-state index in [1.165, 1.54) is 0 Å². The number of hydrogen-bond acceptors (Lipinski definition) is 6. The highest BCUT2D eigenvalue weighted by Crippen LogP contribution is 2.49. The molecule has 224 valence electrons. The molecule has 1 aromatic heterocycles. The molecule has 5 rings (SSSR count). The van der Waals surface area contributed by atoms with E-state index in [2.05, 4.69) is 4.90 Å². The second-order valence-corrected chi connectivity index (χ2v) is 12.5. The molecule has 0 bridgehead atoms. The normalized spacial score (nSPS) is 22.3. The third kappa shape index (κ3) is 5.69. The Labute approximate surface area is 251 Å². The minimum Gasteiger partial charge on any atom is -0.390 e. The summed E-state index contributed by atoms with van der Waals surface area (Å²) in [7, 11) is 3.44. The molecule has 3 aromatic rings. The first-order valence-electron chi connectivity index (χ1n) is 14.6. The minimum atomic E-state index is -1.05. The van der Waals surface area contributed by atoms with Crippen LogP contribution >= 0.6 is 11.6 Å². The van der Waals surface area contributed by atoms with Crippen molar-refractivity contribution in [3.8, 4) is 0 Å². The molecular formula is C32H39ClFN5O3. The smallest absolute Gasteiger partial charge is 0.222 e. The van der Waals surface area contributed by atoms with Crippen LogP contribution in [0.2, 0.25) is 5.02 Å². The summed E-state index contributed by atoms with van der Waals surface area (Å²) >= 11 is 6.94. The first-order chi connectivity index (χ1) is 19.9. The number of halogens is 2. The zero-order valence-corrected chi connectivity index (χ0v) is 25.7. The number of rotatable bonds is 6. The molecule has 0 spiro atoms. The molecule has 1 aliphatic carbocycles. The molecule has 1 fully saturated rings. The van der Waals surface area contributed by atoms with Crippen LogP contribution in [0.5, 0.6) is 0 Å². The zero-order valence-electron chi connectivity index (χ0n) is 25.0. The molecule has 1 aliphatic heterocycles. The number of fused-ring (bicyclic) bond motifs is 2. The number of hydrogen-bond donors (Lipinski definition) is 1. The van der Waals surface area contributed by atoms with Crippen molar-refractivity contribution in [2.24, 2.45) is 5.92 Å². The van der Waals surface area contributed by atoms with E-state index in [4.69, 9.17) is 21.6 Å². The second kappa shape index (κ2) is 11.8. The number of aryl methyl sites for hydroxylation is 1. The lowest BCUT2D eigenvalue weighted by Gasteiger charge is -2.42. The van der Waals surface area contributed by atoms with E-state index in [1.54, 1.807) is 43.8 Å². The fourth-order valence-corrected chi connectivity index (χ4v) is 6.62. The lowest BCUT2D eigenvalue weighted by molar-refractivity contribution is -0.129. The van der Waals surface area contributed by atoms with Crippen molar-refractivity contribution >= 4 is 40.1 Å². The van der Waals surface area contributed by atoms with E-state index in [9.17, 15) is 14.7 Å². The van der Waals surface area contributed by atoms with Gasteiger partial charge < -0.3 is 19.8 Å². The van der Waals surface area contributed by atoms with Gasteiger partial charge in [-0.05, 0) is 36.5 Å². The first-order valence-corrected chi connectivity index (χ1v) is 15.0. The van der Waals surface area contributed by atoms with Crippen LogP contribution < -0.4 is 4.90 Å². The SMILES string of the molecule is CC(=O)N1CCN(c2nc(CCCC(=O)N(C)C)nc3c(F)c([C@@H]4c5ccccc5CC(C)(O)[C@@H]4C)c(Cl)cc23)CC1. The fourth-order valence-electron chi connectivity index (χ4n) is 6.31. The molecule has 2 amide bonds. The van der Waals surface area contributed by atoms with Crippen LogP contribution in [-0.4, -0.2) is 82.6 Å². The van der Waals surface area contributed by atoms with Crippen molar-refractivity contribution in [1.82, 2.24) is 19.8 Å². The van der Waals surface area contributed by atoms with Gasteiger partial charge in [-0.15, -0.1) is 0 Å². The van der Waals surface area contributed by atoms with Gasteiger partial charge in [0.05, 0.1) is 5.60 Å². The maximum absolute atomic E-state index is 16.9. The molecule has 3 atom stereocenters. The van der Waals surface area contributed by atoms with Crippen molar-refractivity contribution in [3.05, 3.63) is 63.7 Å². The largest absolute Gasteiger partial charge is 0.390 e. The van der Waals surface area contributed by atoms with Crippen LogP contribution in [0.25, 0.3) is 10.9 Å². The van der Waals surface area contributed by atoms with Crippen molar-refractivity contribution in [2.45, 2.75) is 58.0 Å². The summed E-state index contributed by atoms with van der Waals surface area (Å²) in [5.74, 6) is -0.241. The summed E-state index contributed by atoms with van der Waals surface area (Å²) in [5.41, 5.74) is 1.37. The Morgan fingerprint density at radius 2 is 1.86 bits per heavy atom. The van der Waals surface area contributed by atoms with Gasteiger partial charge in [-0.2, -0.15) is 0 Å². The molecule has 8 nitrogen and oxygen atoms in total. The Bertz CT molecular complexity index is 1520. The van der Waals surface area contributed by atoms with Crippen molar-refractivity contribution < 1.29 is 19.1 Å². The third-order valence-corrected chi connectivity index (χ3v) is 9.30. The molecule has 10 heteroatoms. The number of amides is 2. The fraction of sp³-hybridized carbons (Fsp3) is 0.500. The number of nitrogens with zero attached hydrogens (tertiary/aromatic N) is 5. The van der Waals surface area contributed by atoms with E-state index in [0.717, 1.165) is 11.1 Å². The van der Waals surface area contributed by atoms with Crippen molar-refractivity contribution in [2.75, 3.05) is 45.2 Å². The van der Waals surface area contributed by atoms with Gasteiger partial charge in [0.1, 0.15) is 17.2 Å². The molecule has 1 N–H and O–H groups in total. The topological polar surface area (TPSA) is 89.9 Å². The third-order valence-electron chi connectivity index (χ3n) is 8.99. The van der Waals surface area contributed by atoms with Gasteiger partial charge in [-0.25, -0.2) is 14.4 Å². The number of piperazine rings is 1. The highest BCUT2D eigenvalue weighted by molar-refractivity contribution is 6.32. The van der Waals surface area contributed by atoms with Crippen molar-refractivity contribution in [3.63, 3.8) is 0 Å². The second-order valence-electron chi connectivity index (χ2n) is 12.1. The number of carbonyl (C=O) groups excluding carboxylic acids is 2. The molecule has 1 unspecified atom stereocenters. The average molecular weight is 596 g/mol. The molecular weight excluding hydrogens is 557 g/mol. The van der Waals surface area contributed by atoms with Crippen LogP contribution in [0.1, 0.15) is 62.0 Å². The van der Waals surface area contributed by atoms with Gasteiger partial charge in [-0.3, -0.25) is 9.59 Å². The van der Waals surface area contributed by atoms with E-state index in [-0.39, 0.29) is 28.3 Å². The van der Waals surface area contributed by atoms with E-state index in [1.807, 2.05) is 31.2 Å². The summed E-state index contributed by atoms with van der Waals surface area (Å²) < 4.78 is 16.9. The Kier molecular flexibility index (Phi) is 8.45. The Morgan fingerprint density at radius 1 is 1.17 bits per heavy atom. The molecule has 1 saturated heterocycles. The van der Waals surface area contributed by atoms with Crippen LogP contribution in [0, 0.1) is 11.7 Å². The Morgan fingerprint density at radius 3 is 2.52 bits per heavy atom. The molecule has 2 heterocycles. The monoisotopic (exact) mass is 595 g/mol. The number of benzene rings is 2. The summed E-state index contributed by atoms with van der Waals surface area (Å²) in [6.45, 7) is 7.44. The molecule has 0 radical (unpaired) electrons. The lowest BCUT2D eigenvalue weighted by Crippen LogP contribution is -2.48. The number of aliphatic hydroxyl groups is 1. The molecule has 2 aromatic carbocycles. The molecule has 0 saturated carbocycles. The predicted octanol–water partition coefficient (Wildman–Crippen LogP) is 4.58. The van der Waals surface area contributed by atoms with Gasteiger partial charge in [0.2, 0.25) is 11.8 Å². The number of anilines is 1. The maximum Gasteiger partial charge on any atom is 0.222 e. The summed E-state index contributed by atoms with van der Waals surface area (Å²) in [6.07, 6.45) is 1.74. The quantitative estimate of drug-likeness (QED) is 0.449. The minimum absolute atomic E-state index is 0.00798. The summed E-state index contributed by atoms with van der Waals surface area (Å²) in [5, 5.41) is 12.1. The molecule has 42 heavy (non-hydrogen) atoms. The number of aromatic nitrogens is 2. The van der Waals surface area contributed by atoms with Crippen molar-refractivity contribution in [1.29, 1.82) is 0 Å². The van der Waals surface area contributed by atoms with Crippen LogP contribution in [0.15, 0.2) is 30.3 Å². The standard InChI is InChI=1S/C32H39ClFN5O3/c1-19-27(22-10-7-6-9-21(22)18-32(19,3)42)28-24(33)17-23-30(29(28)34)35-25(11-8-12-26(41)37(4)5)36-31(23)39-15-13-38(14-16-39)20(2)40/h6-7,9-10,17,19,27,42H,8,11-16,18H2,1-5H3/t19-,27+,32?/m1/s1. The van der Waals surface area contributed by atoms with Gasteiger partial charge in [-0.1, -0.05) is 42.8 Å². The van der Waals surface area contributed by atoms with Gasteiger partial charge in [0, 0.05) is 88.4 Å². The van der Waals surface area contributed by atoms with Gasteiger partial charge >= 0.3 is 0 Å². The van der Waals surface area contributed by atoms with Crippen LogP contribution in [-0.2, 0) is 22.4 Å². The zero-order chi connectivity index (χ0) is 30.3. The maximum atomic E-state index is 16.9. The average Bonchev–Trinajstić information content (AvgIpc) is 2.94. The highest BCUT2D eigenvalue weighted by atomic mass is 35.5. The van der Waals surface area contributed by atoms with Crippen LogP contribution in [0.4, 0.5) is 10.2 Å². The van der Waals surface area contributed by atoms with E-state index < -0.39 is 17.3 Å². The van der Waals surface area contributed by atoms with E-state index >= 15 is 4.39 Å². The summed E-state index contributed by atoms with van der Waals surface area (Å²) in [4.78, 5) is 39.1. The lowest BCUT2D eigenvalue weighted by atomic mass is 9.65. The summed E-state index contributed by atoms with van der Waals surface area (Å²) in [6, 6.07) is 9.57. The molecule has 2 aliphatic rings. The van der Waals surface area contributed by atoms with Gasteiger partial charge in [0.15, 0.2) is 5.82 Å². The number of carbonyl (C=O) groups is 2. The first kappa shape index (κ1) is 30.2. The Hall–Kier alpha value is -3.30.